The van der Waals surface area contributed by atoms with E-state index in [0.717, 1.165) is 23.4 Å². The van der Waals surface area contributed by atoms with Crippen molar-refractivity contribution >= 4 is 46.2 Å². The van der Waals surface area contributed by atoms with Crippen molar-refractivity contribution in [3.8, 4) is 17.2 Å². The zero-order valence-corrected chi connectivity index (χ0v) is 26.5. The van der Waals surface area contributed by atoms with Gasteiger partial charge in [0.05, 0.1) is 21.2 Å². The van der Waals surface area contributed by atoms with E-state index in [9.17, 15) is 34.6 Å². The second kappa shape index (κ2) is 14.5. The summed E-state index contributed by atoms with van der Waals surface area (Å²) in [6, 6.07) is 24.7. The second-order valence-corrected chi connectivity index (χ2v) is 11.1. The van der Waals surface area contributed by atoms with Gasteiger partial charge in [-0.3, -0.25) is 34.6 Å². The lowest BCUT2D eigenvalue weighted by molar-refractivity contribution is -0.384. The molecule has 3 N–H and O–H groups in total. The summed E-state index contributed by atoms with van der Waals surface area (Å²) in [7, 11) is 0. The first-order valence-corrected chi connectivity index (χ1v) is 15.0. The Hall–Kier alpha value is -6.51. The lowest BCUT2D eigenvalue weighted by atomic mass is 10.0. The molecule has 0 bridgehead atoms. The van der Waals surface area contributed by atoms with E-state index in [2.05, 4.69) is 28.1 Å². The largest absolute Gasteiger partial charge is 0.479 e. The van der Waals surface area contributed by atoms with Gasteiger partial charge in [0.25, 0.3) is 29.1 Å². The summed E-state index contributed by atoms with van der Waals surface area (Å²) in [4.78, 5) is 54.2. The quantitative estimate of drug-likeness (QED) is 0.181. The Kier molecular flexibility index (Phi) is 10.0. The minimum atomic E-state index is -0.625. The molecule has 0 saturated heterocycles. The molecule has 15 nitrogen and oxygen atoms in total. The molecule has 4 aromatic rings. The van der Waals surface area contributed by atoms with Gasteiger partial charge in [-0.25, -0.2) is 0 Å². The average molecular weight is 670 g/mol. The third-order valence-corrected chi connectivity index (χ3v) is 7.45. The number of nitro groups is 2. The van der Waals surface area contributed by atoms with E-state index in [-0.39, 0.29) is 34.8 Å². The Morgan fingerprint density at radius 1 is 0.592 bits per heavy atom. The fraction of sp³-hybridized carbons (Fsp3) is 0.206. The molecule has 3 aliphatic heterocycles. The summed E-state index contributed by atoms with van der Waals surface area (Å²) in [5, 5.41) is 29.0. The number of fused-ring (bicyclic) bond motifs is 3. The average Bonchev–Trinajstić information content (AvgIpc) is 3.07. The maximum atomic E-state index is 11.6. The predicted octanol–water partition coefficient (Wildman–Crippen LogP) is 5.63. The van der Waals surface area contributed by atoms with Gasteiger partial charge in [-0.1, -0.05) is 42.5 Å². The van der Waals surface area contributed by atoms with Crippen LogP contribution in [0.2, 0.25) is 0 Å². The van der Waals surface area contributed by atoms with Gasteiger partial charge in [-0.15, -0.1) is 0 Å². The first-order valence-electron chi connectivity index (χ1n) is 15.0. The van der Waals surface area contributed by atoms with Crippen LogP contribution in [-0.4, -0.2) is 45.9 Å². The fourth-order valence-corrected chi connectivity index (χ4v) is 4.87. The van der Waals surface area contributed by atoms with E-state index in [1.54, 1.807) is 26.8 Å². The van der Waals surface area contributed by atoms with E-state index >= 15 is 0 Å². The zero-order valence-electron chi connectivity index (χ0n) is 26.5. The van der Waals surface area contributed by atoms with Crippen LogP contribution in [-0.2, 0) is 20.8 Å². The van der Waals surface area contributed by atoms with Gasteiger partial charge in [0.2, 0.25) is 0 Å². The first-order chi connectivity index (χ1) is 23.4. The maximum absolute atomic E-state index is 11.6. The van der Waals surface area contributed by atoms with E-state index < -0.39 is 28.2 Å². The molecule has 0 saturated carbocycles. The topological polar surface area (TPSA) is 201 Å². The fourth-order valence-electron chi connectivity index (χ4n) is 4.87. The molecule has 0 spiro atoms. The number of benzene rings is 4. The van der Waals surface area contributed by atoms with Crippen LogP contribution in [0.4, 0.5) is 28.4 Å². The molecule has 3 heterocycles. The van der Waals surface area contributed by atoms with E-state index in [1.807, 2.05) is 36.4 Å². The number of ether oxygens (including phenoxy) is 3. The van der Waals surface area contributed by atoms with Gasteiger partial charge in [0, 0.05) is 18.2 Å². The third kappa shape index (κ3) is 8.08. The molecule has 252 valence electrons. The number of para-hydroxylation sites is 1. The van der Waals surface area contributed by atoms with Gasteiger partial charge in [-0.05, 0) is 62.6 Å². The Balaban J connectivity index is 0.000000145. The number of carbonyl (C=O) groups is 3. The molecule has 0 radical (unpaired) electrons. The maximum Gasteiger partial charge on any atom is 0.296 e. The van der Waals surface area contributed by atoms with Gasteiger partial charge >= 0.3 is 0 Å². The number of hydrogen-bond acceptors (Lipinski definition) is 10. The molecular weight excluding hydrogens is 638 g/mol. The van der Waals surface area contributed by atoms with Crippen LogP contribution in [0, 0.1) is 20.2 Å². The van der Waals surface area contributed by atoms with Crippen LogP contribution >= 0.6 is 0 Å². The number of hydrogen-bond donors (Lipinski definition) is 3. The van der Waals surface area contributed by atoms with Crippen molar-refractivity contribution in [2.24, 2.45) is 0 Å². The number of nitrogens with one attached hydrogen (secondary N) is 3. The number of anilines is 3. The van der Waals surface area contributed by atoms with Gasteiger partial charge in [0.15, 0.2) is 29.7 Å². The van der Waals surface area contributed by atoms with Crippen LogP contribution < -0.4 is 30.2 Å². The normalized spacial score (nSPS) is 18.2. The molecule has 49 heavy (non-hydrogen) atoms. The van der Waals surface area contributed by atoms with Crippen molar-refractivity contribution in [3.05, 3.63) is 116 Å². The molecule has 3 aliphatic rings. The predicted molar refractivity (Wildman–Crippen MR) is 178 cm³/mol. The summed E-state index contributed by atoms with van der Waals surface area (Å²) in [6.07, 6.45) is -0.773. The minimum absolute atomic E-state index is 0.0767. The molecule has 0 aliphatic carbocycles. The molecule has 4 aromatic carbocycles. The Labute approximate surface area is 279 Å². The van der Waals surface area contributed by atoms with Gasteiger partial charge in [0.1, 0.15) is 11.5 Å². The highest BCUT2D eigenvalue weighted by molar-refractivity contribution is 6.00. The van der Waals surface area contributed by atoms with Crippen molar-refractivity contribution in [2.45, 2.75) is 45.5 Å². The summed E-state index contributed by atoms with van der Waals surface area (Å²) in [5.74, 6) is 0.747. The number of nitro benzene ring substituents is 2. The highest BCUT2D eigenvalue weighted by Crippen LogP contribution is 2.37. The smallest absolute Gasteiger partial charge is 0.296 e. The van der Waals surface area contributed by atoms with Crippen LogP contribution in [0.1, 0.15) is 31.9 Å². The van der Waals surface area contributed by atoms with Gasteiger partial charge in [-0.2, -0.15) is 0 Å². The lowest BCUT2D eigenvalue weighted by Crippen LogP contribution is -2.34. The molecular formula is C34H31N5O10. The SMILES string of the molecule is CC1Oc2ccc(Cc3ccccc3)cc2NC1=O.CC1Oc2ccc([N+](=O)[O-])cc2NC1=O.CC1Oc2cccc([N+](=O)[O-])c2NC1=O. The highest BCUT2D eigenvalue weighted by Gasteiger charge is 2.29. The van der Waals surface area contributed by atoms with Gasteiger partial charge < -0.3 is 30.2 Å². The highest BCUT2D eigenvalue weighted by atomic mass is 16.6. The lowest BCUT2D eigenvalue weighted by Gasteiger charge is -2.23. The molecule has 3 unspecified atom stereocenters. The Bertz CT molecular complexity index is 1930. The van der Waals surface area contributed by atoms with E-state index in [4.69, 9.17) is 14.2 Å². The van der Waals surface area contributed by atoms with Crippen molar-refractivity contribution in [2.75, 3.05) is 16.0 Å². The van der Waals surface area contributed by atoms with Crippen LogP contribution in [0.15, 0.2) is 84.9 Å². The van der Waals surface area contributed by atoms with Crippen molar-refractivity contribution in [3.63, 3.8) is 0 Å². The molecule has 0 aromatic heterocycles. The van der Waals surface area contributed by atoms with Crippen molar-refractivity contribution in [1.82, 2.24) is 0 Å². The number of amides is 3. The molecule has 3 atom stereocenters. The molecule has 15 heteroatoms. The number of non-ortho nitro benzene ring substituents is 1. The summed E-state index contributed by atoms with van der Waals surface area (Å²) >= 11 is 0. The molecule has 3 amide bonds. The summed E-state index contributed by atoms with van der Waals surface area (Å²) < 4.78 is 16.0. The molecule has 7 rings (SSSR count). The van der Waals surface area contributed by atoms with Crippen LogP contribution in [0.25, 0.3) is 0 Å². The number of rotatable bonds is 4. The first kappa shape index (κ1) is 33.8. The Morgan fingerprint density at radius 2 is 1.14 bits per heavy atom. The summed E-state index contributed by atoms with van der Waals surface area (Å²) in [6.45, 7) is 4.94. The van der Waals surface area contributed by atoms with Crippen LogP contribution in [0.3, 0.4) is 0 Å². The number of carbonyl (C=O) groups excluding carboxylic acids is 3. The molecule has 0 fully saturated rings. The zero-order chi connectivity index (χ0) is 35.2. The third-order valence-electron chi connectivity index (χ3n) is 7.45. The summed E-state index contributed by atoms with van der Waals surface area (Å²) in [5.41, 5.74) is 3.40. The Morgan fingerprint density at radius 3 is 1.73 bits per heavy atom. The second-order valence-electron chi connectivity index (χ2n) is 11.1. The van der Waals surface area contributed by atoms with Crippen molar-refractivity contribution < 1.29 is 38.4 Å². The minimum Gasteiger partial charge on any atom is -0.479 e. The van der Waals surface area contributed by atoms with Crippen molar-refractivity contribution in [1.29, 1.82) is 0 Å². The van der Waals surface area contributed by atoms with Crippen LogP contribution in [0.5, 0.6) is 17.2 Å². The standard InChI is InChI=1S/C16H15NO2.2C9H8N2O4/c1-11-16(18)17-14-10-13(7-8-15(14)19-11)9-12-5-3-2-4-6-12;1-5-9(12)10-7-4-6(11(13)14)2-3-8(7)15-5;1-5-9(12)10-8-6(11(13)14)3-2-4-7(8)15-5/h2-8,10-11H,9H2,1H3,(H,17,18);2*2-5H,1H3,(H,10,12). The van der Waals surface area contributed by atoms with E-state index in [1.165, 1.54) is 35.9 Å². The van der Waals surface area contributed by atoms with E-state index in [0.29, 0.717) is 17.2 Å². The monoisotopic (exact) mass is 669 g/mol. The number of nitrogens with zero attached hydrogens (tertiary/aromatic N) is 2.